The molecule has 3 aromatic rings. The number of hydrogen-bond donors (Lipinski definition) is 0. The minimum absolute atomic E-state index is 0.398. The first-order chi connectivity index (χ1) is 11.9. The van der Waals surface area contributed by atoms with Gasteiger partial charge in [0.15, 0.2) is 17.2 Å². The third-order valence-corrected chi connectivity index (χ3v) is 3.75. The molecule has 1 aliphatic rings. The van der Waals surface area contributed by atoms with E-state index in [2.05, 4.69) is 40.5 Å². The minimum atomic E-state index is 0.398. The van der Waals surface area contributed by atoms with Gasteiger partial charge < -0.3 is 9.47 Å². The Morgan fingerprint density at radius 2 is 1.54 bits per heavy atom. The van der Waals surface area contributed by atoms with Crippen molar-refractivity contribution in [2.24, 2.45) is 0 Å². The van der Waals surface area contributed by atoms with E-state index in [0.717, 1.165) is 18.5 Å². The molecule has 0 aliphatic carbocycles. The molecule has 1 aromatic heterocycles. The second kappa shape index (κ2) is 6.54. The zero-order chi connectivity index (χ0) is 16.2. The summed E-state index contributed by atoms with van der Waals surface area (Å²) in [5, 5.41) is 8.27. The number of aryl methyl sites for hydroxylation is 1. The van der Waals surface area contributed by atoms with Gasteiger partial charge >= 0.3 is 0 Å². The predicted molar refractivity (Wildman–Crippen MR) is 92.4 cm³/mol. The number of allylic oxidation sites excluding steroid dienone is 1. The summed E-state index contributed by atoms with van der Waals surface area (Å²) in [5.74, 6) is 2.34. The number of benzene rings is 2. The molecule has 0 amide bonds. The van der Waals surface area contributed by atoms with E-state index < -0.39 is 0 Å². The van der Waals surface area contributed by atoms with E-state index in [4.69, 9.17) is 9.47 Å². The van der Waals surface area contributed by atoms with Crippen LogP contribution in [-0.4, -0.2) is 10.2 Å². The van der Waals surface area contributed by atoms with E-state index in [0.29, 0.717) is 23.1 Å². The molecular formula is C20H16N2O2. The maximum Gasteiger partial charge on any atom is 0.282 e. The van der Waals surface area contributed by atoms with Gasteiger partial charge in [0.05, 0.1) is 5.69 Å². The maximum absolute atomic E-state index is 5.83. The fourth-order valence-corrected chi connectivity index (χ4v) is 2.54. The van der Waals surface area contributed by atoms with Crippen LogP contribution in [0.4, 0.5) is 0 Å². The van der Waals surface area contributed by atoms with E-state index in [1.165, 1.54) is 5.56 Å². The van der Waals surface area contributed by atoms with Crippen molar-refractivity contribution in [2.45, 2.75) is 12.8 Å². The van der Waals surface area contributed by atoms with Crippen LogP contribution in [0.15, 0.2) is 66.7 Å². The summed E-state index contributed by atoms with van der Waals surface area (Å²) in [4.78, 5) is 0. The molecule has 4 nitrogen and oxygen atoms in total. The molecule has 4 heteroatoms. The molecule has 4 rings (SSSR count). The Kier molecular flexibility index (Phi) is 3.94. The van der Waals surface area contributed by atoms with Gasteiger partial charge in [-0.15, -0.1) is 10.2 Å². The van der Waals surface area contributed by atoms with Crippen molar-refractivity contribution >= 4 is 6.08 Å². The molecule has 24 heavy (non-hydrogen) atoms. The van der Waals surface area contributed by atoms with E-state index in [1.807, 2.05) is 42.5 Å². The van der Waals surface area contributed by atoms with Gasteiger partial charge in [-0.1, -0.05) is 48.5 Å². The number of ether oxygens (including phenoxy) is 2. The van der Waals surface area contributed by atoms with Crippen molar-refractivity contribution in [1.29, 1.82) is 0 Å². The standard InChI is InChI=1S/C20H16N2O2/c1-2-8-15(9-3-1)10-4-5-11-16-14-19-20(22-21-16)24-18-13-7-6-12-17(18)23-19/h1-3,5-9,11-14H,4,10H2/b11-5+. The van der Waals surface area contributed by atoms with Crippen molar-refractivity contribution in [3.05, 3.63) is 78.0 Å². The van der Waals surface area contributed by atoms with Crippen LogP contribution in [-0.2, 0) is 6.42 Å². The van der Waals surface area contributed by atoms with Crippen molar-refractivity contribution in [2.75, 3.05) is 0 Å². The predicted octanol–water partition coefficient (Wildman–Crippen LogP) is 5.02. The summed E-state index contributed by atoms with van der Waals surface area (Å²) >= 11 is 0. The number of rotatable bonds is 4. The van der Waals surface area contributed by atoms with Gasteiger partial charge in [-0.05, 0) is 36.6 Å². The zero-order valence-electron chi connectivity index (χ0n) is 13.1. The fourth-order valence-electron chi connectivity index (χ4n) is 2.54. The highest BCUT2D eigenvalue weighted by Crippen LogP contribution is 2.43. The van der Waals surface area contributed by atoms with Crippen LogP contribution in [0.1, 0.15) is 17.7 Å². The summed E-state index contributed by atoms with van der Waals surface area (Å²) < 4.78 is 11.5. The Hall–Kier alpha value is -3.14. The van der Waals surface area contributed by atoms with Gasteiger partial charge in [0.1, 0.15) is 0 Å². The van der Waals surface area contributed by atoms with Gasteiger partial charge in [0.25, 0.3) is 5.88 Å². The average Bonchev–Trinajstić information content (AvgIpc) is 2.64. The summed E-state index contributed by atoms with van der Waals surface area (Å²) in [6.45, 7) is 0. The molecule has 118 valence electrons. The Morgan fingerprint density at radius 1 is 0.792 bits per heavy atom. The topological polar surface area (TPSA) is 44.2 Å². The first kappa shape index (κ1) is 14.5. The molecular weight excluding hydrogens is 300 g/mol. The highest BCUT2D eigenvalue weighted by atomic mass is 16.6. The lowest BCUT2D eigenvalue weighted by Crippen LogP contribution is -2.02. The molecule has 0 atom stereocenters. The lowest BCUT2D eigenvalue weighted by atomic mass is 10.1. The first-order valence-corrected chi connectivity index (χ1v) is 7.91. The monoisotopic (exact) mass is 316 g/mol. The van der Waals surface area contributed by atoms with Gasteiger partial charge in [-0.25, -0.2) is 0 Å². The lowest BCUT2D eigenvalue weighted by Gasteiger charge is -2.18. The van der Waals surface area contributed by atoms with Crippen LogP contribution in [0, 0.1) is 0 Å². The van der Waals surface area contributed by atoms with Gasteiger partial charge in [-0.2, -0.15) is 0 Å². The Bertz CT molecular complexity index is 876. The normalized spacial score (nSPS) is 12.2. The van der Waals surface area contributed by atoms with Crippen LogP contribution in [0.25, 0.3) is 6.08 Å². The molecule has 1 aliphatic heterocycles. The van der Waals surface area contributed by atoms with E-state index >= 15 is 0 Å². The van der Waals surface area contributed by atoms with Crippen LogP contribution < -0.4 is 9.47 Å². The smallest absolute Gasteiger partial charge is 0.282 e. The zero-order valence-corrected chi connectivity index (χ0v) is 13.1. The first-order valence-electron chi connectivity index (χ1n) is 7.91. The SMILES string of the molecule is C(=C\c1cc2c(nn1)Oc1ccccc1O2)/CCc1ccccc1. The average molecular weight is 316 g/mol. The molecule has 0 bridgehead atoms. The van der Waals surface area contributed by atoms with E-state index in [9.17, 15) is 0 Å². The largest absolute Gasteiger partial charge is 0.448 e. The van der Waals surface area contributed by atoms with Gasteiger partial charge in [0, 0.05) is 6.07 Å². The number of hydrogen-bond acceptors (Lipinski definition) is 4. The van der Waals surface area contributed by atoms with Crippen LogP contribution in [0.3, 0.4) is 0 Å². The highest BCUT2D eigenvalue weighted by Gasteiger charge is 2.20. The number of para-hydroxylation sites is 2. The summed E-state index contributed by atoms with van der Waals surface area (Å²) in [5.41, 5.74) is 2.08. The summed E-state index contributed by atoms with van der Waals surface area (Å²) in [6.07, 6.45) is 6.01. The number of aromatic nitrogens is 2. The Morgan fingerprint density at radius 3 is 2.38 bits per heavy atom. The maximum atomic E-state index is 5.83. The van der Waals surface area contributed by atoms with Gasteiger partial charge in [0.2, 0.25) is 0 Å². The van der Waals surface area contributed by atoms with Crippen LogP contribution in [0.5, 0.6) is 23.1 Å². The lowest BCUT2D eigenvalue weighted by molar-refractivity contribution is 0.343. The molecule has 0 N–H and O–H groups in total. The molecule has 0 saturated carbocycles. The molecule has 0 saturated heterocycles. The minimum Gasteiger partial charge on any atom is -0.448 e. The quantitative estimate of drug-likeness (QED) is 0.530. The second-order valence-electron chi connectivity index (χ2n) is 5.52. The van der Waals surface area contributed by atoms with E-state index in [1.54, 1.807) is 0 Å². The van der Waals surface area contributed by atoms with Crippen molar-refractivity contribution < 1.29 is 9.47 Å². The molecule has 2 heterocycles. The number of nitrogens with zero attached hydrogens (tertiary/aromatic N) is 2. The third kappa shape index (κ3) is 3.13. The van der Waals surface area contributed by atoms with Crippen molar-refractivity contribution in [1.82, 2.24) is 10.2 Å². The van der Waals surface area contributed by atoms with E-state index in [-0.39, 0.29) is 0 Å². The molecule has 0 fully saturated rings. The molecule has 2 aromatic carbocycles. The molecule has 0 spiro atoms. The Balaban J connectivity index is 1.44. The second-order valence-corrected chi connectivity index (χ2v) is 5.52. The third-order valence-electron chi connectivity index (χ3n) is 3.75. The fraction of sp³-hybridized carbons (Fsp3) is 0.100. The van der Waals surface area contributed by atoms with Crippen LogP contribution >= 0.6 is 0 Å². The summed E-state index contributed by atoms with van der Waals surface area (Å²) in [6, 6.07) is 19.8. The highest BCUT2D eigenvalue weighted by molar-refractivity contribution is 5.55. The number of fused-ring (bicyclic) bond motifs is 2. The molecule has 0 unspecified atom stereocenters. The summed E-state index contributed by atoms with van der Waals surface area (Å²) in [7, 11) is 0. The van der Waals surface area contributed by atoms with Crippen LogP contribution in [0.2, 0.25) is 0 Å². The van der Waals surface area contributed by atoms with Gasteiger partial charge in [-0.3, -0.25) is 0 Å². The molecule has 0 radical (unpaired) electrons. The van der Waals surface area contributed by atoms with Crippen molar-refractivity contribution in [3.8, 4) is 23.1 Å². The van der Waals surface area contributed by atoms with Crippen molar-refractivity contribution in [3.63, 3.8) is 0 Å². The Labute approximate surface area is 140 Å².